The number of nitrogens with one attached hydrogen (secondary N) is 1. The highest BCUT2D eigenvalue weighted by molar-refractivity contribution is 7.15. The van der Waals surface area contributed by atoms with Crippen LogP contribution in [0.5, 0.6) is 11.5 Å². The third-order valence-electron chi connectivity index (χ3n) is 5.73. The lowest BCUT2D eigenvalue weighted by atomic mass is 10.2. The number of anilines is 1. The van der Waals surface area contributed by atoms with Gasteiger partial charge in [-0.1, -0.05) is 41.7 Å². The minimum absolute atomic E-state index is 0.214. The van der Waals surface area contributed by atoms with Crippen LogP contribution in [0.25, 0.3) is 0 Å². The van der Waals surface area contributed by atoms with E-state index in [1.807, 2.05) is 58.0 Å². The first kappa shape index (κ1) is 28.4. The van der Waals surface area contributed by atoms with Crippen molar-refractivity contribution >= 4 is 28.5 Å². The molecular weight excluding hydrogens is 518 g/mol. The monoisotopic (exact) mass is 553 g/mol. The summed E-state index contributed by atoms with van der Waals surface area (Å²) >= 11 is 1.36. The summed E-state index contributed by atoms with van der Waals surface area (Å²) in [7, 11) is 1.61. The molecule has 208 valence electrons. The molecule has 0 radical (unpaired) electrons. The van der Waals surface area contributed by atoms with E-state index >= 15 is 0 Å². The number of benzene rings is 2. The van der Waals surface area contributed by atoms with Gasteiger partial charge in [-0.2, -0.15) is 0 Å². The van der Waals surface area contributed by atoms with Crippen LogP contribution >= 0.6 is 11.3 Å². The predicted octanol–water partition coefficient (Wildman–Crippen LogP) is 5.68. The highest BCUT2D eigenvalue weighted by Gasteiger charge is 2.28. The molecule has 1 atom stereocenters. The van der Waals surface area contributed by atoms with Gasteiger partial charge in [-0.15, -0.1) is 0 Å². The minimum atomic E-state index is -0.562. The van der Waals surface area contributed by atoms with Gasteiger partial charge in [0, 0.05) is 36.6 Å². The van der Waals surface area contributed by atoms with E-state index in [1.54, 1.807) is 30.2 Å². The van der Waals surface area contributed by atoms with E-state index in [2.05, 4.69) is 10.3 Å². The van der Waals surface area contributed by atoms with Gasteiger partial charge >= 0.3 is 6.09 Å². The molecule has 2 amide bonds. The Hall–Kier alpha value is -3.63. The Labute approximate surface area is 233 Å². The number of methoxy groups -OCH3 is 1. The van der Waals surface area contributed by atoms with Crippen LogP contribution in [0.4, 0.5) is 9.93 Å². The number of hydrogen-bond donors (Lipinski definition) is 1. The Morgan fingerprint density at radius 3 is 2.59 bits per heavy atom. The van der Waals surface area contributed by atoms with Crippen molar-refractivity contribution in [2.75, 3.05) is 25.6 Å². The number of hydrogen-bond acceptors (Lipinski definition) is 8. The SMILES string of the molecule is COCC(C)Oc1cc(OCc2ccccc2)cc(C(=O)Nc2nc3c(s2)CN(C(=O)OC(C)(C)C)CC3)c1. The number of carbonyl (C=O) groups excluding carboxylic acids is 2. The zero-order valence-electron chi connectivity index (χ0n) is 23.0. The van der Waals surface area contributed by atoms with Crippen molar-refractivity contribution < 1.29 is 28.5 Å². The zero-order chi connectivity index (χ0) is 28.0. The number of nitrogens with zero attached hydrogens (tertiary/aromatic N) is 2. The zero-order valence-corrected chi connectivity index (χ0v) is 23.8. The smallest absolute Gasteiger partial charge is 0.410 e. The number of fused-ring (bicyclic) bond motifs is 1. The molecule has 3 aromatic rings. The highest BCUT2D eigenvalue weighted by Crippen LogP contribution is 2.30. The molecule has 0 saturated heterocycles. The minimum Gasteiger partial charge on any atom is -0.489 e. The van der Waals surface area contributed by atoms with Crippen molar-refractivity contribution in [2.45, 2.75) is 59.0 Å². The molecule has 2 heterocycles. The molecule has 9 nitrogen and oxygen atoms in total. The molecule has 0 saturated carbocycles. The maximum absolute atomic E-state index is 13.3. The van der Waals surface area contributed by atoms with Crippen molar-refractivity contribution in [3.63, 3.8) is 0 Å². The van der Waals surface area contributed by atoms with Crippen LogP contribution in [0.3, 0.4) is 0 Å². The van der Waals surface area contributed by atoms with E-state index < -0.39 is 5.60 Å². The van der Waals surface area contributed by atoms with Crippen molar-refractivity contribution in [1.29, 1.82) is 0 Å². The molecule has 1 unspecified atom stereocenters. The third-order valence-corrected chi connectivity index (χ3v) is 6.73. The molecule has 4 rings (SSSR count). The Morgan fingerprint density at radius 2 is 1.87 bits per heavy atom. The Bertz CT molecular complexity index is 1290. The third kappa shape index (κ3) is 8.18. The lowest BCUT2D eigenvalue weighted by molar-refractivity contribution is 0.0225. The standard InChI is InChI=1S/C29H35N3O6S/c1-19(17-35-5)37-23-14-21(13-22(15-23)36-18-20-9-7-6-8-10-20)26(33)31-27-30-24-11-12-32(16-25(24)39-27)28(34)38-29(2,3)4/h6-10,13-15,19H,11-12,16-18H2,1-5H3,(H,30,31,33). The van der Waals surface area contributed by atoms with Crippen LogP contribution in [0.1, 0.15) is 54.2 Å². The summed E-state index contributed by atoms with van der Waals surface area (Å²) in [4.78, 5) is 33.0. The van der Waals surface area contributed by atoms with E-state index in [0.717, 1.165) is 16.1 Å². The molecule has 0 aliphatic carbocycles. The van der Waals surface area contributed by atoms with Gasteiger partial charge in [-0.05, 0) is 45.4 Å². The summed E-state index contributed by atoms with van der Waals surface area (Å²) in [6, 6.07) is 14.9. The lowest BCUT2D eigenvalue weighted by Gasteiger charge is -2.29. The molecule has 1 aliphatic heterocycles. The Balaban J connectivity index is 1.48. The molecular formula is C29H35N3O6S. The molecule has 0 bridgehead atoms. The average molecular weight is 554 g/mol. The van der Waals surface area contributed by atoms with Crippen LogP contribution in [0.2, 0.25) is 0 Å². The molecule has 2 aromatic carbocycles. The van der Waals surface area contributed by atoms with Gasteiger partial charge in [-0.25, -0.2) is 9.78 Å². The number of aromatic nitrogens is 1. The van der Waals surface area contributed by atoms with E-state index in [-0.39, 0.29) is 18.1 Å². The number of thiazole rings is 1. The van der Waals surface area contributed by atoms with Gasteiger partial charge < -0.3 is 23.8 Å². The first-order valence-electron chi connectivity index (χ1n) is 12.8. The van der Waals surface area contributed by atoms with Gasteiger partial charge in [0.05, 0.1) is 18.8 Å². The summed E-state index contributed by atoms with van der Waals surface area (Å²) in [5.41, 5.74) is 1.71. The molecule has 1 aliphatic rings. The normalized spacial score (nSPS) is 13.8. The second-order valence-corrected chi connectivity index (χ2v) is 11.4. The van der Waals surface area contributed by atoms with E-state index in [4.69, 9.17) is 18.9 Å². The average Bonchev–Trinajstić information content (AvgIpc) is 3.28. The maximum atomic E-state index is 13.3. The summed E-state index contributed by atoms with van der Waals surface area (Å²) in [5, 5.41) is 3.38. The molecule has 0 spiro atoms. The van der Waals surface area contributed by atoms with Gasteiger partial charge in [0.2, 0.25) is 0 Å². The first-order chi connectivity index (χ1) is 18.6. The quantitative estimate of drug-likeness (QED) is 0.364. The van der Waals surface area contributed by atoms with Crippen LogP contribution < -0.4 is 14.8 Å². The second kappa shape index (κ2) is 12.5. The molecule has 39 heavy (non-hydrogen) atoms. The van der Waals surface area contributed by atoms with Crippen LogP contribution in [0.15, 0.2) is 48.5 Å². The fraction of sp³-hybridized carbons (Fsp3) is 0.414. The summed E-state index contributed by atoms with van der Waals surface area (Å²) < 4.78 is 22.7. The van der Waals surface area contributed by atoms with E-state index in [9.17, 15) is 9.59 Å². The van der Waals surface area contributed by atoms with Crippen molar-refractivity contribution in [3.05, 3.63) is 70.2 Å². The van der Waals surface area contributed by atoms with Gasteiger partial charge in [0.15, 0.2) is 5.13 Å². The topological polar surface area (TPSA) is 99.2 Å². The number of ether oxygens (including phenoxy) is 4. The van der Waals surface area contributed by atoms with Crippen LogP contribution in [-0.2, 0) is 29.0 Å². The van der Waals surface area contributed by atoms with E-state index in [1.165, 1.54) is 11.3 Å². The summed E-state index contributed by atoms with van der Waals surface area (Å²) in [6.07, 6.45) is 0.0302. The fourth-order valence-corrected chi connectivity index (χ4v) is 5.02. The first-order valence-corrected chi connectivity index (χ1v) is 13.7. The summed E-state index contributed by atoms with van der Waals surface area (Å²) in [5.74, 6) is 0.679. The molecule has 1 aromatic heterocycles. The van der Waals surface area contributed by atoms with E-state index in [0.29, 0.717) is 54.9 Å². The molecule has 10 heteroatoms. The van der Waals surface area contributed by atoms with Gasteiger partial charge in [0.25, 0.3) is 5.91 Å². The van der Waals surface area contributed by atoms with Crippen LogP contribution in [-0.4, -0.2) is 53.9 Å². The Kier molecular flexibility index (Phi) is 9.08. The summed E-state index contributed by atoms with van der Waals surface area (Å²) in [6.45, 7) is 9.09. The van der Waals surface area contributed by atoms with Gasteiger partial charge in [0.1, 0.15) is 29.8 Å². The lowest BCUT2D eigenvalue weighted by Crippen LogP contribution is -2.39. The maximum Gasteiger partial charge on any atom is 0.410 e. The van der Waals surface area contributed by atoms with Crippen molar-refractivity contribution in [1.82, 2.24) is 9.88 Å². The number of amides is 2. The highest BCUT2D eigenvalue weighted by atomic mass is 32.1. The molecule has 0 fully saturated rings. The van der Waals surface area contributed by atoms with Crippen molar-refractivity contribution in [3.8, 4) is 11.5 Å². The van der Waals surface area contributed by atoms with Gasteiger partial charge in [-0.3, -0.25) is 10.1 Å². The van der Waals surface area contributed by atoms with Crippen molar-refractivity contribution in [2.24, 2.45) is 0 Å². The number of carbonyl (C=O) groups is 2. The predicted molar refractivity (Wildman–Crippen MR) is 150 cm³/mol. The fourth-order valence-electron chi connectivity index (χ4n) is 4.00. The Morgan fingerprint density at radius 1 is 1.13 bits per heavy atom. The van der Waals surface area contributed by atoms with Crippen LogP contribution in [0, 0.1) is 0 Å². The molecule has 1 N–H and O–H groups in total. The number of rotatable bonds is 9. The largest absolute Gasteiger partial charge is 0.489 e. The second-order valence-electron chi connectivity index (χ2n) is 10.3.